The molecule has 0 aromatic carbocycles. The van der Waals surface area contributed by atoms with Crippen LogP contribution in [0.3, 0.4) is 0 Å². The van der Waals surface area contributed by atoms with Gasteiger partial charge in [0.05, 0.1) is 18.9 Å². The Bertz CT molecular complexity index is 662. The average Bonchev–Trinajstić information content (AvgIpc) is 2.96. The molecule has 2 N–H and O–H groups in total. The summed E-state index contributed by atoms with van der Waals surface area (Å²) in [5.74, 6) is 0.526. The number of ether oxygens (including phenoxy) is 1. The summed E-state index contributed by atoms with van der Waals surface area (Å²) in [6.45, 7) is -0.250. The van der Waals surface area contributed by atoms with Crippen molar-refractivity contribution in [3.05, 3.63) is 11.5 Å². The van der Waals surface area contributed by atoms with Crippen molar-refractivity contribution in [3.8, 4) is 0 Å². The van der Waals surface area contributed by atoms with Crippen molar-refractivity contribution < 1.29 is 14.9 Å². The lowest BCUT2D eigenvalue weighted by atomic mass is 10.2. The van der Waals surface area contributed by atoms with Crippen LogP contribution in [0.15, 0.2) is 6.20 Å². The zero-order valence-corrected chi connectivity index (χ0v) is 12.4. The molecule has 114 valence electrons. The van der Waals surface area contributed by atoms with Crippen LogP contribution in [0.2, 0.25) is 5.28 Å². The Kier molecular flexibility index (Phi) is 3.70. The Morgan fingerprint density at radius 1 is 1.48 bits per heavy atom. The smallest absolute Gasteiger partial charge is 0.226 e. The van der Waals surface area contributed by atoms with Crippen LogP contribution >= 0.6 is 11.6 Å². The Labute approximate surface area is 126 Å². The Morgan fingerprint density at radius 3 is 2.86 bits per heavy atom. The second-order valence-electron chi connectivity index (χ2n) is 5.14. The highest BCUT2D eigenvalue weighted by atomic mass is 35.5. The van der Waals surface area contributed by atoms with Gasteiger partial charge in [0.2, 0.25) is 11.2 Å². The van der Waals surface area contributed by atoms with Crippen LogP contribution in [-0.2, 0) is 4.74 Å². The summed E-state index contributed by atoms with van der Waals surface area (Å²) >= 11 is 6.16. The van der Waals surface area contributed by atoms with Gasteiger partial charge >= 0.3 is 0 Å². The highest BCUT2D eigenvalue weighted by Gasteiger charge is 2.36. The van der Waals surface area contributed by atoms with Crippen LogP contribution in [0.1, 0.15) is 12.6 Å². The summed E-state index contributed by atoms with van der Waals surface area (Å²) in [6, 6.07) is 0. The maximum atomic E-state index is 9.86. The van der Waals surface area contributed by atoms with Crippen molar-refractivity contribution in [2.45, 2.75) is 24.9 Å². The van der Waals surface area contributed by atoms with E-state index in [-0.39, 0.29) is 11.9 Å². The minimum Gasteiger partial charge on any atom is -0.394 e. The van der Waals surface area contributed by atoms with Gasteiger partial charge in [-0.05, 0) is 11.6 Å². The van der Waals surface area contributed by atoms with Gasteiger partial charge in [0.25, 0.3) is 0 Å². The number of aliphatic hydroxyl groups excluding tert-OH is 2. The van der Waals surface area contributed by atoms with Gasteiger partial charge in [0, 0.05) is 20.5 Å². The molecule has 3 heterocycles. The molecule has 0 aliphatic carbocycles. The minimum absolute atomic E-state index is 0.214. The largest absolute Gasteiger partial charge is 0.394 e. The molecule has 3 atom stereocenters. The van der Waals surface area contributed by atoms with E-state index in [0.717, 1.165) is 0 Å². The van der Waals surface area contributed by atoms with Crippen LogP contribution in [0.4, 0.5) is 5.95 Å². The highest BCUT2D eigenvalue weighted by molar-refractivity contribution is 6.29. The molecule has 9 heteroatoms. The zero-order valence-electron chi connectivity index (χ0n) is 11.6. The molecule has 0 spiro atoms. The van der Waals surface area contributed by atoms with E-state index >= 15 is 0 Å². The van der Waals surface area contributed by atoms with E-state index in [4.69, 9.17) is 16.3 Å². The Balaban J connectivity index is 2.05. The molecule has 1 aliphatic rings. The Hall–Kier alpha value is -1.48. The molecule has 8 nitrogen and oxygen atoms in total. The number of nitrogens with zero attached hydrogens (tertiary/aromatic N) is 5. The molecule has 21 heavy (non-hydrogen) atoms. The van der Waals surface area contributed by atoms with Gasteiger partial charge in [0.15, 0.2) is 5.65 Å². The number of imidazole rings is 1. The molecular formula is C12H16ClN5O3. The SMILES string of the molecule is CN(C)c1ncc2nc(Cl)n([C@H]3C[C@@H](O)[C@H](CO)O3)c2n1. The third-order valence-corrected chi connectivity index (χ3v) is 3.72. The van der Waals surface area contributed by atoms with Gasteiger partial charge in [-0.15, -0.1) is 0 Å². The van der Waals surface area contributed by atoms with Crippen LogP contribution < -0.4 is 4.90 Å². The highest BCUT2D eigenvalue weighted by Crippen LogP contribution is 2.33. The standard InChI is InChI=1S/C12H16ClN5O3/c1-17(2)12-14-4-6-10(16-12)18(11(13)15-6)9-3-7(20)8(5-19)21-9/h4,7-9,19-20H,3,5H2,1-2H3/t7-,8+,9-/m1/s1. The number of hydrogen-bond acceptors (Lipinski definition) is 7. The molecule has 0 unspecified atom stereocenters. The van der Waals surface area contributed by atoms with E-state index in [9.17, 15) is 10.2 Å². The van der Waals surface area contributed by atoms with Gasteiger partial charge in [-0.2, -0.15) is 4.98 Å². The van der Waals surface area contributed by atoms with Gasteiger partial charge < -0.3 is 19.8 Å². The summed E-state index contributed by atoms with van der Waals surface area (Å²) in [6.07, 6.45) is 0.0223. The maximum Gasteiger partial charge on any atom is 0.226 e. The lowest BCUT2D eigenvalue weighted by Gasteiger charge is -2.15. The predicted octanol–water partition coefficient (Wildman–Crippen LogP) is 0.186. The number of rotatable bonds is 3. The second kappa shape index (κ2) is 5.38. The van der Waals surface area contributed by atoms with Crippen LogP contribution in [-0.4, -0.2) is 62.6 Å². The molecule has 1 saturated heterocycles. The van der Waals surface area contributed by atoms with Gasteiger partial charge in [-0.3, -0.25) is 4.57 Å². The first-order chi connectivity index (χ1) is 10.0. The number of aromatic nitrogens is 4. The van der Waals surface area contributed by atoms with Crippen molar-refractivity contribution in [1.82, 2.24) is 19.5 Å². The number of aliphatic hydroxyl groups is 2. The molecule has 2 aromatic rings. The first-order valence-corrected chi connectivity index (χ1v) is 6.91. The van der Waals surface area contributed by atoms with Gasteiger partial charge in [-0.1, -0.05) is 0 Å². The van der Waals surface area contributed by atoms with Gasteiger partial charge in [0.1, 0.15) is 17.8 Å². The lowest BCUT2D eigenvalue weighted by Crippen LogP contribution is -2.24. The van der Waals surface area contributed by atoms with E-state index in [1.54, 1.807) is 15.7 Å². The molecule has 0 amide bonds. The monoisotopic (exact) mass is 313 g/mol. The fraction of sp³-hybridized carbons (Fsp3) is 0.583. The zero-order chi connectivity index (χ0) is 15.1. The molecule has 0 radical (unpaired) electrons. The molecule has 1 aliphatic heterocycles. The van der Waals surface area contributed by atoms with Crippen molar-refractivity contribution in [3.63, 3.8) is 0 Å². The summed E-state index contributed by atoms with van der Waals surface area (Å²) in [5.41, 5.74) is 1.09. The summed E-state index contributed by atoms with van der Waals surface area (Å²) < 4.78 is 7.24. The number of halogens is 1. The van der Waals surface area contributed by atoms with Crippen LogP contribution in [0.25, 0.3) is 11.2 Å². The average molecular weight is 314 g/mol. The molecule has 0 saturated carbocycles. The quantitative estimate of drug-likeness (QED) is 0.781. The van der Waals surface area contributed by atoms with E-state index in [1.807, 2.05) is 14.1 Å². The van der Waals surface area contributed by atoms with Crippen molar-refractivity contribution >= 4 is 28.7 Å². The molecule has 2 aromatic heterocycles. The summed E-state index contributed by atoms with van der Waals surface area (Å²) in [4.78, 5) is 14.6. The van der Waals surface area contributed by atoms with Crippen molar-refractivity contribution in [2.24, 2.45) is 0 Å². The predicted molar refractivity (Wildman–Crippen MR) is 76.3 cm³/mol. The van der Waals surface area contributed by atoms with E-state index in [1.165, 1.54) is 0 Å². The first-order valence-electron chi connectivity index (χ1n) is 6.53. The summed E-state index contributed by atoms with van der Waals surface area (Å²) in [7, 11) is 3.67. The minimum atomic E-state index is -0.747. The molecular weight excluding hydrogens is 298 g/mol. The number of hydrogen-bond donors (Lipinski definition) is 2. The summed E-state index contributed by atoms with van der Waals surface area (Å²) in [5, 5.41) is 19.3. The number of anilines is 1. The molecule has 1 fully saturated rings. The maximum absolute atomic E-state index is 9.86. The van der Waals surface area contributed by atoms with Crippen LogP contribution in [0.5, 0.6) is 0 Å². The fourth-order valence-electron chi connectivity index (χ4n) is 2.36. The number of fused-ring (bicyclic) bond motifs is 1. The molecule has 3 rings (SSSR count). The second-order valence-corrected chi connectivity index (χ2v) is 5.48. The third kappa shape index (κ3) is 2.44. The fourth-order valence-corrected chi connectivity index (χ4v) is 2.64. The van der Waals surface area contributed by atoms with Crippen molar-refractivity contribution in [1.29, 1.82) is 0 Å². The Morgan fingerprint density at radius 2 is 2.24 bits per heavy atom. The first kappa shape index (κ1) is 14.5. The van der Waals surface area contributed by atoms with Crippen molar-refractivity contribution in [2.75, 3.05) is 25.6 Å². The molecule has 0 bridgehead atoms. The van der Waals surface area contributed by atoms with E-state index in [2.05, 4.69) is 15.0 Å². The third-order valence-electron chi connectivity index (χ3n) is 3.45. The van der Waals surface area contributed by atoms with Crippen LogP contribution in [0, 0.1) is 0 Å². The normalized spacial score (nSPS) is 25.7. The lowest BCUT2D eigenvalue weighted by molar-refractivity contribution is -0.0431. The van der Waals surface area contributed by atoms with E-state index < -0.39 is 18.4 Å². The van der Waals surface area contributed by atoms with Gasteiger partial charge in [-0.25, -0.2) is 9.97 Å². The van der Waals surface area contributed by atoms with E-state index in [0.29, 0.717) is 23.5 Å². The topological polar surface area (TPSA) is 96.5 Å².